The minimum Gasteiger partial charge on any atom is -0.485 e. The zero-order chi connectivity index (χ0) is 16.2. The number of halogens is 1. The van der Waals surface area contributed by atoms with Crippen LogP contribution in [0.1, 0.15) is 16.1 Å². The van der Waals surface area contributed by atoms with Gasteiger partial charge in [0.2, 0.25) is 0 Å². The van der Waals surface area contributed by atoms with Gasteiger partial charge in [-0.25, -0.2) is 13.9 Å². The molecule has 0 saturated carbocycles. The van der Waals surface area contributed by atoms with Crippen LogP contribution in [0.3, 0.4) is 0 Å². The first kappa shape index (κ1) is 14.8. The molecule has 3 rings (SSSR count). The van der Waals surface area contributed by atoms with Gasteiger partial charge >= 0.3 is 5.97 Å². The first-order chi connectivity index (χ1) is 11.2. The van der Waals surface area contributed by atoms with E-state index in [1.165, 1.54) is 24.4 Å². The van der Waals surface area contributed by atoms with E-state index in [0.29, 0.717) is 0 Å². The number of rotatable bonds is 5. The Hall–Kier alpha value is -3.15. The number of hydrogen-bond donors (Lipinski definition) is 1. The average molecular weight is 312 g/mol. The Morgan fingerprint density at radius 1 is 1.13 bits per heavy atom. The largest absolute Gasteiger partial charge is 0.485 e. The molecule has 5 nitrogen and oxygen atoms in total. The smallest absolute Gasteiger partial charge is 0.358 e. The molecule has 3 aromatic rings. The fourth-order valence-corrected chi connectivity index (χ4v) is 2.18. The highest BCUT2D eigenvalue weighted by atomic mass is 19.1. The van der Waals surface area contributed by atoms with Crippen molar-refractivity contribution in [2.24, 2.45) is 0 Å². The Morgan fingerprint density at radius 2 is 1.83 bits per heavy atom. The molecule has 0 unspecified atom stereocenters. The molecule has 1 N–H and O–H groups in total. The minimum atomic E-state index is -1.24. The van der Waals surface area contributed by atoms with Gasteiger partial charge in [-0.1, -0.05) is 42.5 Å². The summed E-state index contributed by atoms with van der Waals surface area (Å²) in [5.41, 5.74) is 0.730. The van der Waals surface area contributed by atoms with Crippen molar-refractivity contribution in [2.75, 3.05) is 0 Å². The van der Waals surface area contributed by atoms with Gasteiger partial charge in [-0.05, 0) is 17.7 Å². The van der Waals surface area contributed by atoms with Crippen molar-refractivity contribution in [1.29, 1.82) is 0 Å². The standard InChI is InChI=1S/C17H13FN2O3/c18-13-8-4-5-9-14(13)20-16(17(21)22)15(10-19-20)23-11-12-6-2-1-3-7-12/h1-10H,11H2,(H,21,22). The summed E-state index contributed by atoms with van der Waals surface area (Å²) in [5, 5.41) is 13.4. The Bertz CT molecular complexity index is 831. The van der Waals surface area contributed by atoms with E-state index in [-0.39, 0.29) is 23.7 Å². The van der Waals surface area contributed by atoms with E-state index in [9.17, 15) is 14.3 Å². The summed E-state index contributed by atoms with van der Waals surface area (Å²) in [4.78, 5) is 11.5. The molecule has 0 amide bonds. The molecule has 23 heavy (non-hydrogen) atoms. The number of nitrogens with zero attached hydrogens (tertiary/aromatic N) is 2. The van der Waals surface area contributed by atoms with Gasteiger partial charge in [0.25, 0.3) is 0 Å². The lowest BCUT2D eigenvalue weighted by atomic mass is 10.2. The lowest BCUT2D eigenvalue weighted by Crippen LogP contribution is -2.11. The first-order valence-electron chi connectivity index (χ1n) is 6.90. The summed E-state index contributed by atoms with van der Waals surface area (Å²) in [6.07, 6.45) is 1.28. The molecule has 0 aliphatic heterocycles. The van der Waals surface area contributed by atoms with E-state index in [0.717, 1.165) is 10.2 Å². The van der Waals surface area contributed by atoms with E-state index in [4.69, 9.17) is 4.74 Å². The summed E-state index contributed by atoms with van der Waals surface area (Å²) in [7, 11) is 0. The average Bonchev–Trinajstić information content (AvgIpc) is 2.98. The summed E-state index contributed by atoms with van der Waals surface area (Å²) >= 11 is 0. The zero-order valence-electron chi connectivity index (χ0n) is 12.0. The van der Waals surface area contributed by atoms with Crippen molar-refractivity contribution in [3.63, 3.8) is 0 Å². The lowest BCUT2D eigenvalue weighted by molar-refractivity contribution is 0.0681. The van der Waals surface area contributed by atoms with Gasteiger partial charge in [0.15, 0.2) is 11.4 Å². The minimum absolute atomic E-state index is 0.0551. The fraction of sp³-hybridized carbons (Fsp3) is 0.0588. The maximum Gasteiger partial charge on any atom is 0.358 e. The zero-order valence-corrected chi connectivity index (χ0v) is 12.0. The van der Waals surface area contributed by atoms with Crippen LogP contribution in [0.15, 0.2) is 60.8 Å². The van der Waals surface area contributed by atoms with Gasteiger partial charge in [0.05, 0.1) is 6.20 Å². The highest BCUT2D eigenvalue weighted by molar-refractivity contribution is 5.89. The second-order valence-corrected chi connectivity index (χ2v) is 4.80. The number of benzene rings is 2. The third-order valence-electron chi connectivity index (χ3n) is 3.26. The van der Waals surface area contributed by atoms with Crippen LogP contribution in [0, 0.1) is 5.82 Å². The summed E-state index contributed by atoms with van der Waals surface area (Å²) in [5.74, 6) is -1.72. The van der Waals surface area contributed by atoms with Gasteiger partial charge in [-0.15, -0.1) is 0 Å². The van der Waals surface area contributed by atoms with Crippen LogP contribution in [0.2, 0.25) is 0 Å². The Kier molecular flexibility index (Phi) is 4.05. The third-order valence-corrected chi connectivity index (χ3v) is 3.26. The van der Waals surface area contributed by atoms with E-state index in [1.54, 1.807) is 6.07 Å². The summed E-state index contributed by atoms with van der Waals surface area (Å²) in [6.45, 7) is 0.198. The number of aromatic nitrogens is 2. The van der Waals surface area contributed by atoms with Crippen LogP contribution in [0.4, 0.5) is 4.39 Å². The molecule has 0 atom stereocenters. The molecular formula is C17H13FN2O3. The lowest BCUT2D eigenvalue weighted by Gasteiger charge is -2.08. The van der Waals surface area contributed by atoms with Crippen LogP contribution < -0.4 is 4.74 Å². The van der Waals surface area contributed by atoms with Crippen molar-refractivity contribution in [3.8, 4) is 11.4 Å². The Labute approximate surface area is 131 Å². The molecule has 6 heteroatoms. The maximum atomic E-state index is 13.9. The number of carbonyl (C=O) groups is 1. The molecule has 0 spiro atoms. The van der Waals surface area contributed by atoms with Gasteiger partial charge in [0.1, 0.15) is 18.1 Å². The van der Waals surface area contributed by atoms with Gasteiger partial charge < -0.3 is 9.84 Å². The fourth-order valence-electron chi connectivity index (χ4n) is 2.18. The number of para-hydroxylation sites is 1. The van der Waals surface area contributed by atoms with Crippen LogP contribution >= 0.6 is 0 Å². The monoisotopic (exact) mass is 312 g/mol. The number of carboxylic acid groups (broad SMARTS) is 1. The highest BCUT2D eigenvalue weighted by Crippen LogP contribution is 2.24. The highest BCUT2D eigenvalue weighted by Gasteiger charge is 2.22. The second kappa shape index (κ2) is 6.31. The molecule has 1 aromatic heterocycles. The van der Waals surface area contributed by atoms with Crippen LogP contribution in [0.5, 0.6) is 5.75 Å². The molecule has 2 aromatic carbocycles. The van der Waals surface area contributed by atoms with E-state index in [1.807, 2.05) is 30.3 Å². The van der Waals surface area contributed by atoms with Crippen molar-refractivity contribution in [2.45, 2.75) is 6.61 Å². The molecule has 116 valence electrons. The predicted octanol–water partition coefficient (Wildman–Crippen LogP) is 3.29. The molecular weight excluding hydrogens is 299 g/mol. The van der Waals surface area contributed by atoms with Crippen LogP contribution in [-0.4, -0.2) is 20.9 Å². The molecule has 0 aliphatic carbocycles. The quantitative estimate of drug-likeness (QED) is 0.785. The topological polar surface area (TPSA) is 64.3 Å². The first-order valence-corrected chi connectivity index (χ1v) is 6.90. The molecule has 0 fully saturated rings. The number of carboxylic acids is 1. The van der Waals surface area contributed by atoms with Crippen LogP contribution in [-0.2, 0) is 6.61 Å². The van der Waals surface area contributed by atoms with Crippen molar-refractivity contribution >= 4 is 5.97 Å². The number of ether oxygens (including phenoxy) is 1. The molecule has 0 bridgehead atoms. The van der Waals surface area contributed by atoms with Gasteiger partial charge in [0, 0.05) is 0 Å². The summed E-state index contributed by atoms with van der Waals surface area (Å²) < 4.78 is 20.4. The third kappa shape index (κ3) is 3.06. The predicted molar refractivity (Wildman–Crippen MR) is 81.3 cm³/mol. The van der Waals surface area contributed by atoms with Gasteiger partial charge in [-0.2, -0.15) is 5.10 Å². The maximum absolute atomic E-state index is 13.9. The van der Waals surface area contributed by atoms with E-state index >= 15 is 0 Å². The van der Waals surface area contributed by atoms with Crippen molar-refractivity contribution < 1.29 is 19.0 Å². The normalized spacial score (nSPS) is 10.5. The molecule has 0 saturated heterocycles. The Morgan fingerprint density at radius 3 is 2.52 bits per heavy atom. The SMILES string of the molecule is O=C(O)c1c(OCc2ccccc2)cnn1-c1ccccc1F. The van der Waals surface area contributed by atoms with Crippen molar-refractivity contribution in [3.05, 3.63) is 77.9 Å². The van der Waals surface area contributed by atoms with E-state index < -0.39 is 11.8 Å². The molecule has 0 aliphatic rings. The number of aromatic carboxylic acids is 1. The van der Waals surface area contributed by atoms with Crippen molar-refractivity contribution in [1.82, 2.24) is 9.78 Å². The number of hydrogen-bond acceptors (Lipinski definition) is 3. The second-order valence-electron chi connectivity index (χ2n) is 4.80. The molecule has 1 heterocycles. The Balaban J connectivity index is 1.93. The van der Waals surface area contributed by atoms with Crippen LogP contribution in [0.25, 0.3) is 5.69 Å². The van der Waals surface area contributed by atoms with E-state index in [2.05, 4.69) is 5.10 Å². The summed E-state index contributed by atoms with van der Waals surface area (Å²) in [6, 6.07) is 15.2. The molecule has 0 radical (unpaired) electrons. The van der Waals surface area contributed by atoms with Gasteiger partial charge in [-0.3, -0.25) is 0 Å².